The number of rotatable bonds is 5. The number of furan rings is 1. The Balaban J connectivity index is 1.76. The fraction of sp³-hybridized carbons (Fsp3) is 0.167. The summed E-state index contributed by atoms with van der Waals surface area (Å²) in [5, 5.41) is 7.05. The largest absolute Gasteiger partial charge is 0.467 e. The minimum Gasteiger partial charge on any atom is -0.467 e. The lowest BCUT2D eigenvalue weighted by Gasteiger charge is -2.22. The first-order valence-corrected chi connectivity index (χ1v) is 8.31. The predicted molar refractivity (Wildman–Crippen MR) is 92.5 cm³/mol. The summed E-state index contributed by atoms with van der Waals surface area (Å²) < 4.78 is 5.39. The van der Waals surface area contributed by atoms with Gasteiger partial charge >= 0.3 is 6.03 Å². The van der Waals surface area contributed by atoms with Crippen molar-refractivity contribution in [2.45, 2.75) is 20.0 Å². The fourth-order valence-corrected chi connectivity index (χ4v) is 2.96. The highest BCUT2D eigenvalue weighted by Gasteiger charge is 2.17. The summed E-state index contributed by atoms with van der Waals surface area (Å²) in [6, 6.07) is 13.4. The van der Waals surface area contributed by atoms with E-state index in [0.717, 1.165) is 22.6 Å². The molecule has 1 N–H and O–H groups in total. The van der Waals surface area contributed by atoms with Crippen LogP contribution in [0.3, 0.4) is 0 Å². The highest BCUT2D eigenvalue weighted by atomic mass is 32.1. The normalized spacial score (nSPS) is 10.5. The van der Waals surface area contributed by atoms with Gasteiger partial charge in [0.15, 0.2) is 0 Å². The molecule has 2 aromatic heterocycles. The molecule has 0 spiro atoms. The number of aryl methyl sites for hydroxylation is 1. The highest BCUT2D eigenvalue weighted by Crippen LogP contribution is 2.17. The van der Waals surface area contributed by atoms with Crippen molar-refractivity contribution in [3.63, 3.8) is 0 Å². The van der Waals surface area contributed by atoms with Crippen LogP contribution < -0.4 is 5.32 Å². The number of nitrogens with one attached hydrogen (secondary N) is 1. The maximum atomic E-state index is 12.7. The smallest absolute Gasteiger partial charge is 0.322 e. The Morgan fingerprint density at radius 1 is 1.17 bits per heavy atom. The molecule has 2 amide bonds. The lowest BCUT2D eigenvalue weighted by Crippen LogP contribution is -2.34. The zero-order valence-corrected chi connectivity index (χ0v) is 13.7. The maximum absolute atomic E-state index is 12.7. The Morgan fingerprint density at radius 3 is 2.74 bits per heavy atom. The van der Waals surface area contributed by atoms with Gasteiger partial charge in [-0.1, -0.05) is 18.2 Å². The minimum atomic E-state index is -0.137. The average Bonchev–Trinajstić information content (AvgIpc) is 3.22. The molecule has 2 heterocycles. The molecule has 0 aliphatic rings. The Kier molecular flexibility index (Phi) is 4.78. The molecule has 0 saturated carbocycles. The molecule has 0 atom stereocenters. The van der Waals surface area contributed by atoms with Crippen molar-refractivity contribution in [3.8, 4) is 0 Å². The number of anilines is 1. The molecule has 0 bridgehead atoms. The van der Waals surface area contributed by atoms with Crippen molar-refractivity contribution in [1.82, 2.24) is 4.90 Å². The van der Waals surface area contributed by atoms with Gasteiger partial charge in [0.25, 0.3) is 0 Å². The first kappa shape index (κ1) is 15.4. The van der Waals surface area contributed by atoms with Crippen molar-refractivity contribution >= 4 is 23.1 Å². The van der Waals surface area contributed by atoms with Crippen LogP contribution in [-0.2, 0) is 13.1 Å². The van der Waals surface area contributed by atoms with E-state index in [1.165, 1.54) is 0 Å². The topological polar surface area (TPSA) is 45.5 Å². The summed E-state index contributed by atoms with van der Waals surface area (Å²) in [5.74, 6) is 0.764. The number of nitrogens with zero attached hydrogens (tertiary/aromatic N) is 1. The number of carbonyl (C=O) groups is 1. The van der Waals surface area contributed by atoms with E-state index in [0.29, 0.717) is 13.1 Å². The molecule has 4 nitrogen and oxygen atoms in total. The van der Waals surface area contributed by atoms with Gasteiger partial charge in [-0.3, -0.25) is 0 Å². The average molecular weight is 326 g/mol. The third kappa shape index (κ3) is 4.02. The van der Waals surface area contributed by atoms with E-state index < -0.39 is 0 Å². The molecule has 0 aliphatic heterocycles. The predicted octanol–water partition coefficient (Wildman–Crippen LogP) is 4.88. The molecule has 3 rings (SSSR count). The standard InChI is InChI=1S/C18H18N2O2S/c1-14-5-2-3-7-17(14)19-18(21)20(11-15-8-10-23-13-15)12-16-6-4-9-22-16/h2-10,13H,11-12H2,1H3,(H,19,21). The van der Waals surface area contributed by atoms with Crippen LogP contribution in [0.1, 0.15) is 16.9 Å². The number of thiophene rings is 1. The summed E-state index contributed by atoms with van der Waals surface area (Å²) in [6.45, 7) is 2.95. The lowest BCUT2D eigenvalue weighted by atomic mass is 10.2. The number of amides is 2. The number of carbonyl (C=O) groups excluding carboxylic acids is 1. The van der Waals surface area contributed by atoms with Crippen molar-refractivity contribution in [2.75, 3.05) is 5.32 Å². The van der Waals surface area contributed by atoms with Crippen molar-refractivity contribution in [2.24, 2.45) is 0 Å². The van der Waals surface area contributed by atoms with Gasteiger partial charge < -0.3 is 14.6 Å². The Hall–Kier alpha value is -2.53. The molecule has 5 heteroatoms. The second-order valence-electron chi connectivity index (χ2n) is 5.31. The van der Waals surface area contributed by atoms with E-state index in [-0.39, 0.29) is 6.03 Å². The van der Waals surface area contributed by atoms with E-state index in [2.05, 4.69) is 10.7 Å². The first-order valence-electron chi connectivity index (χ1n) is 7.37. The monoisotopic (exact) mass is 326 g/mol. The number of para-hydroxylation sites is 1. The molecule has 0 radical (unpaired) electrons. The van der Waals surface area contributed by atoms with Crippen LogP contribution in [0.15, 0.2) is 63.9 Å². The van der Waals surface area contributed by atoms with Crippen LogP contribution in [0, 0.1) is 6.92 Å². The van der Waals surface area contributed by atoms with E-state index in [4.69, 9.17) is 4.42 Å². The third-order valence-corrected chi connectivity index (χ3v) is 4.29. The number of hydrogen-bond donors (Lipinski definition) is 1. The second-order valence-corrected chi connectivity index (χ2v) is 6.09. The third-order valence-electron chi connectivity index (χ3n) is 3.55. The second kappa shape index (κ2) is 7.15. The van der Waals surface area contributed by atoms with Gasteiger partial charge in [-0.05, 0) is 53.1 Å². The molecular formula is C18H18N2O2S. The van der Waals surface area contributed by atoms with Gasteiger partial charge in [-0.15, -0.1) is 0 Å². The number of benzene rings is 1. The van der Waals surface area contributed by atoms with E-state index in [1.54, 1.807) is 22.5 Å². The number of hydrogen-bond acceptors (Lipinski definition) is 3. The summed E-state index contributed by atoms with van der Waals surface area (Å²) in [4.78, 5) is 14.4. The van der Waals surface area contributed by atoms with Crippen LogP contribution in [-0.4, -0.2) is 10.9 Å². The van der Waals surface area contributed by atoms with E-state index in [1.807, 2.05) is 54.8 Å². The van der Waals surface area contributed by atoms with Crippen LogP contribution in [0.5, 0.6) is 0 Å². The van der Waals surface area contributed by atoms with Gasteiger partial charge in [-0.2, -0.15) is 11.3 Å². The Labute approximate surface area is 139 Å². The molecule has 0 aliphatic carbocycles. The SMILES string of the molecule is Cc1ccccc1NC(=O)N(Cc1ccsc1)Cc1ccco1. The van der Waals surface area contributed by atoms with Gasteiger partial charge in [0.2, 0.25) is 0 Å². The lowest BCUT2D eigenvalue weighted by molar-refractivity contribution is 0.201. The molecule has 1 aromatic carbocycles. The first-order chi connectivity index (χ1) is 11.2. The van der Waals surface area contributed by atoms with Crippen LogP contribution >= 0.6 is 11.3 Å². The van der Waals surface area contributed by atoms with E-state index >= 15 is 0 Å². The summed E-state index contributed by atoms with van der Waals surface area (Å²) in [7, 11) is 0. The maximum Gasteiger partial charge on any atom is 0.322 e. The molecular weight excluding hydrogens is 308 g/mol. The fourth-order valence-electron chi connectivity index (χ4n) is 2.30. The molecule has 0 unspecified atom stereocenters. The van der Waals surface area contributed by atoms with Crippen LogP contribution in [0.25, 0.3) is 0 Å². The van der Waals surface area contributed by atoms with Crippen LogP contribution in [0.2, 0.25) is 0 Å². The van der Waals surface area contributed by atoms with E-state index in [9.17, 15) is 4.79 Å². The van der Waals surface area contributed by atoms with Crippen LogP contribution in [0.4, 0.5) is 10.5 Å². The Morgan fingerprint density at radius 2 is 2.04 bits per heavy atom. The molecule has 0 fully saturated rings. The number of urea groups is 1. The molecule has 3 aromatic rings. The highest BCUT2D eigenvalue weighted by molar-refractivity contribution is 7.07. The van der Waals surface area contributed by atoms with Gasteiger partial charge in [0.05, 0.1) is 12.8 Å². The van der Waals surface area contributed by atoms with Gasteiger partial charge in [-0.25, -0.2) is 4.79 Å². The Bertz CT molecular complexity index is 715. The molecule has 0 saturated heterocycles. The van der Waals surface area contributed by atoms with Crippen molar-refractivity contribution < 1.29 is 9.21 Å². The van der Waals surface area contributed by atoms with Gasteiger partial charge in [0, 0.05) is 12.2 Å². The molecule has 23 heavy (non-hydrogen) atoms. The zero-order valence-electron chi connectivity index (χ0n) is 12.9. The van der Waals surface area contributed by atoms with Gasteiger partial charge in [0.1, 0.15) is 5.76 Å². The summed E-state index contributed by atoms with van der Waals surface area (Å²) in [6.07, 6.45) is 1.62. The minimum absolute atomic E-state index is 0.137. The zero-order chi connectivity index (χ0) is 16.1. The van der Waals surface area contributed by atoms with Crippen molar-refractivity contribution in [3.05, 3.63) is 76.4 Å². The summed E-state index contributed by atoms with van der Waals surface area (Å²) in [5.41, 5.74) is 2.98. The quantitative estimate of drug-likeness (QED) is 0.726. The summed E-state index contributed by atoms with van der Waals surface area (Å²) >= 11 is 1.63. The van der Waals surface area contributed by atoms with Crippen molar-refractivity contribution in [1.29, 1.82) is 0 Å². The molecule has 118 valence electrons.